The first-order valence-electron chi connectivity index (χ1n) is 6.27. The minimum atomic E-state index is -0.921. The molecule has 1 aliphatic heterocycles. The number of aryl methyl sites for hydroxylation is 1. The van der Waals surface area contributed by atoms with E-state index in [1.807, 2.05) is 6.92 Å². The van der Waals surface area contributed by atoms with Gasteiger partial charge in [-0.15, -0.1) is 0 Å². The second-order valence-electron chi connectivity index (χ2n) is 4.45. The summed E-state index contributed by atoms with van der Waals surface area (Å²) in [6.45, 7) is 3.42. The average molecular weight is 250 g/mol. The molecule has 2 rings (SSSR count). The van der Waals surface area contributed by atoms with Crippen molar-refractivity contribution in [1.82, 2.24) is 4.98 Å². The third-order valence-electron chi connectivity index (χ3n) is 3.00. The lowest BCUT2D eigenvalue weighted by Gasteiger charge is -2.23. The fraction of sp³-hybridized carbons (Fsp3) is 0.538. The predicted molar refractivity (Wildman–Crippen MR) is 68.0 cm³/mol. The molecule has 1 fully saturated rings. The van der Waals surface area contributed by atoms with Crippen molar-refractivity contribution >= 4 is 11.8 Å². The van der Waals surface area contributed by atoms with Gasteiger partial charge in [-0.25, -0.2) is 9.78 Å². The van der Waals surface area contributed by atoms with Gasteiger partial charge in [0, 0.05) is 12.3 Å². The van der Waals surface area contributed by atoms with Gasteiger partial charge in [-0.2, -0.15) is 0 Å². The van der Waals surface area contributed by atoms with E-state index in [0.29, 0.717) is 12.4 Å². The van der Waals surface area contributed by atoms with Gasteiger partial charge in [-0.1, -0.05) is 6.92 Å². The molecule has 1 saturated heterocycles. The molecule has 2 N–H and O–H groups in total. The Morgan fingerprint density at radius 3 is 3.06 bits per heavy atom. The van der Waals surface area contributed by atoms with E-state index in [4.69, 9.17) is 9.84 Å². The van der Waals surface area contributed by atoms with Crippen LogP contribution in [0.2, 0.25) is 0 Å². The molecule has 5 heteroatoms. The number of pyridine rings is 1. The lowest BCUT2D eigenvalue weighted by molar-refractivity contribution is 0.0696. The molecule has 1 unspecified atom stereocenters. The molecule has 18 heavy (non-hydrogen) atoms. The maximum absolute atomic E-state index is 11.0. The number of anilines is 1. The number of nitrogens with one attached hydrogen (secondary N) is 1. The monoisotopic (exact) mass is 250 g/mol. The first-order chi connectivity index (χ1) is 8.69. The van der Waals surface area contributed by atoms with E-state index in [-0.39, 0.29) is 11.6 Å². The Morgan fingerprint density at radius 1 is 1.61 bits per heavy atom. The summed E-state index contributed by atoms with van der Waals surface area (Å²) in [5.41, 5.74) is 1.07. The molecule has 1 aromatic rings. The number of carboxylic acids is 1. The number of hydrogen-bond donors (Lipinski definition) is 2. The largest absolute Gasteiger partial charge is 0.478 e. The molecule has 0 amide bonds. The SMILES string of the molecule is CCc1cc(C(=O)O)cc(NC2CCCOC2)n1. The molecular weight excluding hydrogens is 232 g/mol. The zero-order valence-corrected chi connectivity index (χ0v) is 10.5. The van der Waals surface area contributed by atoms with Crippen LogP contribution in [0.1, 0.15) is 35.8 Å². The van der Waals surface area contributed by atoms with Gasteiger partial charge in [0.25, 0.3) is 0 Å². The molecule has 98 valence electrons. The Balaban J connectivity index is 2.15. The topological polar surface area (TPSA) is 71.5 Å². The fourth-order valence-electron chi connectivity index (χ4n) is 2.03. The number of rotatable bonds is 4. The maximum atomic E-state index is 11.0. The normalized spacial score (nSPS) is 19.5. The highest BCUT2D eigenvalue weighted by molar-refractivity contribution is 5.88. The summed E-state index contributed by atoms with van der Waals surface area (Å²) >= 11 is 0. The molecule has 1 aromatic heterocycles. The molecule has 5 nitrogen and oxygen atoms in total. The number of hydrogen-bond acceptors (Lipinski definition) is 4. The van der Waals surface area contributed by atoms with Crippen LogP contribution in [0.4, 0.5) is 5.82 Å². The molecule has 0 aromatic carbocycles. The molecule has 2 heterocycles. The average Bonchev–Trinajstić information content (AvgIpc) is 2.39. The van der Waals surface area contributed by atoms with E-state index in [0.717, 1.165) is 31.6 Å². The highest BCUT2D eigenvalue weighted by Gasteiger charge is 2.15. The van der Waals surface area contributed by atoms with Crippen LogP contribution in [0.15, 0.2) is 12.1 Å². The fourth-order valence-corrected chi connectivity index (χ4v) is 2.03. The first kappa shape index (κ1) is 12.8. The summed E-state index contributed by atoms with van der Waals surface area (Å²) in [7, 11) is 0. The molecule has 0 aliphatic carbocycles. The van der Waals surface area contributed by atoms with Crippen LogP contribution >= 0.6 is 0 Å². The Labute approximate surface area is 106 Å². The summed E-state index contributed by atoms with van der Waals surface area (Å²) < 4.78 is 5.38. The van der Waals surface area contributed by atoms with Crippen molar-refractivity contribution in [2.45, 2.75) is 32.2 Å². The summed E-state index contributed by atoms with van der Waals surface area (Å²) in [6, 6.07) is 3.42. The molecule has 0 saturated carbocycles. The van der Waals surface area contributed by atoms with Crippen LogP contribution in [0, 0.1) is 0 Å². The smallest absolute Gasteiger partial charge is 0.335 e. The zero-order valence-electron chi connectivity index (χ0n) is 10.5. The van der Waals surface area contributed by atoms with E-state index in [9.17, 15) is 4.79 Å². The Kier molecular flexibility index (Phi) is 4.15. The minimum Gasteiger partial charge on any atom is -0.478 e. The molecule has 1 atom stereocenters. The Morgan fingerprint density at radius 2 is 2.44 bits per heavy atom. The Hall–Kier alpha value is -1.62. The van der Waals surface area contributed by atoms with E-state index in [2.05, 4.69) is 10.3 Å². The third-order valence-corrected chi connectivity index (χ3v) is 3.00. The van der Waals surface area contributed by atoms with Crippen LogP contribution < -0.4 is 5.32 Å². The second-order valence-corrected chi connectivity index (χ2v) is 4.45. The van der Waals surface area contributed by atoms with Gasteiger partial charge in [-0.3, -0.25) is 0 Å². The van der Waals surface area contributed by atoms with Gasteiger partial charge in [0.15, 0.2) is 0 Å². The van der Waals surface area contributed by atoms with E-state index in [1.165, 1.54) is 0 Å². The highest BCUT2D eigenvalue weighted by Crippen LogP contribution is 2.16. The molecule has 0 bridgehead atoms. The van der Waals surface area contributed by atoms with Gasteiger partial charge in [0.2, 0.25) is 0 Å². The minimum absolute atomic E-state index is 0.222. The molecule has 1 aliphatic rings. The number of aromatic carboxylic acids is 1. The van der Waals surface area contributed by atoms with E-state index >= 15 is 0 Å². The zero-order chi connectivity index (χ0) is 13.0. The van der Waals surface area contributed by atoms with Crippen LogP contribution in [0.25, 0.3) is 0 Å². The van der Waals surface area contributed by atoms with Crippen LogP contribution in [0.5, 0.6) is 0 Å². The number of ether oxygens (including phenoxy) is 1. The van der Waals surface area contributed by atoms with Crippen LogP contribution in [-0.2, 0) is 11.2 Å². The Bertz CT molecular complexity index is 428. The van der Waals surface area contributed by atoms with Crippen molar-refractivity contribution in [1.29, 1.82) is 0 Å². The standard InChI is InChI=1S/C13H18N2O3/c1-2-10-6-9(13(16)17)7-12(14-10)15-11-4-3-5-18-8-11/h6-7,11H,2-5,8H2,1H3,(H,14,15)(H,16,17). The van der Waals surface area contributed by atoms with Gasteiger partial charge in [0.05, 0.1) is 18.2 Å². The maximum Gasteiger partial charge on any atom is 0.335 e. The van der Waals surface area contributed by atoms with Crippen LogP contribution in [0.3, 0.4) is 0 Å². The van der Waals surface area contributed by atoms with Gasteiger partial charge >= 0.3 is 5.97 Å². The van der Waals surface area contributed by atoms with E-state index in [1.54, 1.807) is 12.1 Å². The van der Waals surface area contributed by atoms with Gasteiger partial charge < -0.3 is 15.2 Å². The van der Waals surface area contributed by atoms with Crippen molar-refractivity contribution in [2.24, 2.45) is 0 Å². The summed E-state index contributed by atoms with van der Waals surface area (Å²) in [5.74, 6) is -0.294. The second kappa shape index (κ2) is 5.82. The number of aromatic nitrogens is 1. The highest BCUT2D eigenvalue weighted by atomic mass is 16.5. The first-order valence-corrected chi connectivity index (χ1v) is 6.27. The summed E-state index contributed by atoms with van der Waals surface area (Å²) in [6.07, 6.45) is 2.77. The predicted octanol–water partition coefficient (Wildman–Crippen LogP) is 1.93. The lowest BCUT2D eigenvalue weighted by Crippen LogP contribution is -2.30. The number of nitrogens with zero attached hydrogens (tertiary/aromatic N) is 1. The molecular formula is C13H18N2O3. The van der Waals surface area contributed by atoms with Gasteiger partial charge in [0.1, 0.15) is 5.82 Å². The van der Waals surface area contributed by atoms with Crippen molar-refractivity contribution in [3.63, 3.8) is 0 Å². The lowest BCUT2D eigenvalue weighted by atomic mass is 10.1. The van der Waals surface area contributed by atoms with Crippen molar-refractivity contribution in [3.05, 3.63) is 23.4 Å². The third kappa shape index (κ3) is 3.20. The van der Waals surface area contributed by atoms with Crippen LogP contribution in [-0.4, -0.2) is 35.3 Å². The molecule has 0 radical (unpaired) electrons. The van der Waals surface area contributed by atoms with Gasteiger partial charge in [-0.05, 0) is 31.4 Å². The van der Waals surface area contributed by atoms with Crippen molar-refractivity contribution in [2.75, 3.05) is 18.5 Å². The van der Waals surface area contributed by atoms with E-state index < -0.39 is 5.97 Å². The number of carbonyl (C=O) groups is 1. The summed E-state index contributed by atoms with van der Waals surface area (Å²) in [5, 5.41) is 12.3. The summed E-state index contributed by atoms with van der Waals surface area (Å²) in [4.78, 5) is 15.4. The number of carboxylic acid groups (broad SMARTS) is 1. The van der Waals surface area contributed by atoms with Crippen molar-refractivity contribution in [3.8, 4) is 0 Å². The molecule has 0 spiro atoms. The quantitative estimate of drug-likeness (QED) is 0.854. The van der Waals surface area contributed by atoms with Crippen molar-refractivity contribution < 1.29 is 14.6 Å².